The Kier molecular flexibility index (Phi) is 10.7. The van der Waals surface area contributed by atoms with Gasteiger partial charge in [-0.1, -0.05) is 56.3 Å². The fraction of sp³-hybridized carbons (Fsp3) is 0.355. The molecule has 2 amide bonds. The van der Waals surface area contributed by atoms with E-state index in [-0.39, 0.29) is 36.4 Å². The maximum Gasteiger partial charge on any atom is 0.261 e. The van der Waals surface area contributed by atoms with Crippen molar-refractivity contribution in [3.05, 3.63) is 95.8 Å². The van der Waals surface area contributed by atoms with E-state index >= 15 is 0 Å². The molecule has 224 valence electrons. The number of carbonyl (C=O) groups excluding carboxylic acids is 2. The van der Waals surface area contributed by atoms with Crippen LogP contribution >= 0.6 is 0 Å². The first kappa shape index (κ1) is 31.1. The zero-order valence-electron chi connectivity index (χ0n) is 23.7. The number of nitrogens with one attached hydrogen (secondary N) is 1. The molecule has 11 heteroatoms. The largest absolute Gasteiger partial charge is 0.484 e. The van der Waals surface area contributed by atoms with Crippen LogP contribution in [0.4, 0.5) is 4.39 Å². The Morgan fingerprint density at radius 1 is 0.976 bits per heavy atom. The molecule has 42 heavy (non-hydrogen) atoms. The maximum absolute atomic E-state index is 13.7. The Balaban J connectivity index is 1.55. The molecule has 1 saturated heterocycles. The summed E-state index contributed by atoms with van der Waals surface area (Å²) in [7, 11) is -3.67. The van der Waals surface area contributed by atoms with Gasteiger partial charge in [0.25, 0.3) is 5.91 Å². The summed E-state index contributed by atoms with van der Waals surface area (Å²) in [4.78, 5) is 28.7. The van der Waals surface area contributed by atoms with Crippen molar-refractivity contribution < 1.29 is 31.9 Å². The van der Waals surface area contributed by atoms with E-state index in [9.17, 15) is 22.4 Å². The van der Waals surface area contributed by atoms with E-state index in [1.54, 1.807) is 36.4 Å². The normalized spacial score (nSPS) is 14.8. The van der Waals surface area contributed by atoms with Crippen LogP contribution in [-0.2, 0) is 30.9 Å². The van der Waals surface area contributed by atoms with Crippen LogP contribution in [0.1, 0.15) is 31.0 Å². The number of rotatable bonds is 12. The highest BCUT2D eigenvalue weighted by atomic mass is 32.2. The molecule has 3 aromatic rings. The summed E-state index contributed by atoms with van der Waals surface area (Å²) in [6, 6.07) is 19.6. The molecular formula is C31H36FN3O6S. The van der Waals surface area contributed by atoms with Gasteiger partial charge >= 0.3 is 0 Å². The number of sulfonamides is 1. The van der Waals surface area contributed by atoms with Gasteiger partial charge in [0, 0.05) is 26.2 Å². The molecule has 3 aromatic carbocycles. The predicted octanol–water partition coefficient (Wildman–Crippen LogP) is 3.77. The number of hydrogen-bond acceptors (Lipinski definition) is 6. The van der Waals surface area contributed by atoms with Crippen LogP contribution in [0, 0.1) is 11.7 Å². The first-order chi connectivity index (χ1) is 20.1. The lowest BCUT2D eigenvalue weighted by atomic mass is 10.0. The van der Waals surface area contributed by atoms with Crippen molar-refractivity contribution in [1.82, 2.24) is 14.5 Å². The van der Waals surface area contributed by atoms with Crippen LogP contribution in [0.5, 0.6) is 5.75 Å². The predicted molar refractivity (Wildman–Crippen MR) is 155 cm³/mol. The van der Waals surface area contributed by atoms with E-state index in [2.05, 4.69) is 5.32 Å². The molecule has 4 rings (SSSR count). The van der Waals surface area contributed by atoms with Gasteiger partial charge in [-0.15, -0.1) is 0 Å². The van der Waals surface area contributed by atoms with Crippen molar-refractivity contribution in [2.75, 3.05) is 39.5 Å². The molecule has 0 aliphatic carbocycles. The molecule has 0 unspecified atom stereocenters. The lowest BCUT2D eigenvalue weighted by Crippen LogP contribution is -2.45. The summed E-state index contributed by atoms with van der Waals surface area (Å²) in [5.74, 6) is -0.731. The first-order valence-corrected chi connectivity index (χ1v) is 15.3. The highest BCUT2D eigenvalue weighted by Gasteiger charge is 2.32. The molecule has 9 nitrogen and oxygen atoms in total. The Labute approximate surface area is 246 Å². The third-order valence-corrected chi connectivity index (χ3v) is 8.65. The van der Waals surface area contributed by atoms with Gasteiger partial charge in [0.15, 0.2) is 6.61 Å². The minimum atomic E-state index is -3.67. The van der Waals surface area contributed by atoms with Crippen molar-refractivity contribution in [2.45, 2.75) is 31.3 Å². The number of amides is 2. The topological polar surface area (TPSA) is 105 Å². The van der Waals surface area contributed by atoms with Gasteiger partial charge in [0.1, 0.15) is 17.6 Å². The molecular weight excluding hydrogens is 561 g/mol. The van der Waals surface area contributed by atoms with Gasteiger partial charge in [-0.2, -0.15) is 4.31 Å². The Morgan fingerprint density at radius 3 is 2.24 bits per heavy atom. The fourth-order valence-electron chi connectivity index (χ4n) is 4.49. The van der Waals surface area contributed by atoms with E-state index in [0.717, 1.165) is 0 Å². The van der Waals surface area contributed by atoms with Crippen LogP contribution in [0.15, 0.2) is 83.8 Å². The van der Waals surface area contributed by atoms with E-state index in [1.165, 1.54) is 45.6 Å². The van der Waals surface area contributed by atoms with Crippen LogP contribution in [-0.4, -0.2) is 68.9 Å². The Hall–Kier alpha value is -3.80. The molecule has 0 radical (unpaired) electrons. The summed E-state index contributed by atoms with van der Waals surface area (Å²) in [5, 5.41) is 2.93. The lowest BCUT2D eigenvalue weighted by molar-refractivity contribution is -0.143. The minimum absolute atomic E-state index is 0.0356. The summed E-state index contributed by atoms with van der Waals surface area (Å²) >= 11 is 0. The van der Waals surface area contributed by atoms with Crippen LogP contribution in [0.2, 0.25) is 0 Å². The van der Waals surface area contributed by atoms with Crippen molar-refractivity contribution in [3.8, 4) is 5.75 Å². The summed E-state index contributed by atoms with van der Waals surface area (Å²) in [6.07, 6.45) is 0. The molecule has 1 heterocycles. The Bertz CT molecular complexity index is 1430. The highest BCUT2D eigenvalue weighted by molar-refractivity contribution is 7.89. The number of carbonyl (C=O) groups is 2. The van der Waals surface area contributed by atoms with E-state index in [1.807, 2.05) is 19.9 Å². The van der Waals surface area contributed by atoms with E-state index in [4.69, 9.17) is 9.47 Å². The average molecular weight is 598 g/mol. The third-order valence-electron chi connectivity index (χ3n) is 6.74. The minimum Gasteiger partial charge on any atom is -0.484 e. The van der Waals surface area contributed by atoms with Gasteiger partial charge in [-0.25, -0.2) is 12.8 Å². The summed E-state index contributed by atoms with van der Waals surface area (Å²) in [5.41, 5.74) is 1.26. The second-order valence-electron chi connectivity index (χ2n) is 10.4. The van der Waals surface area contributed by atoms with Gasteiger partial charge in [0.2, 0.25) is 15.9 Å². The van der Waals surface area contributed by atoms with Crippen molar-refractivity contribution >= 4 is 21.8 Å². The molecule has 1 fully saturated rings. The van der Waals surface area contributed by atoms with Crippen LogP contribution in [0.25, 0.3) is 0 Å². The number of ether oxygens (including phenoxy) is 2. The molecule has 0 spiro atoms. The molecule has 0 bridgehead atoms. The number of benzene rings is 3. The van der Waals surface area contributed by atoms with Crippen LogP contribution in [0.3, 0.4) is 0 Å². The average Bonchev–Trinajstić information content (AvgIpc) is 3.00. The van der Waals surface area contributed by atoms with Crippen molar-refractivity contribution in [2.24, 2.45) is 5.92 Å². The van der Waals surface area contributed by atoms with Gasteiger partial charge in [-0.3, -0.25) is 9.59 Å². The van der Waals surface area contributed by atoms with E-state index < -0.39 is 34.4 Å². The lowest BCUT2D eigenvalue weighted by Gasteiger charge is -2.32. The second-order valence-corrected chi connectivity index (χ2v) is 12.3. The standard InChI is InChI=1S/C31H36FN3O6S/c1-23(2)20-33-31(37)30(25-6-4-3-5-7-25)35(21-24-8-10-26(32)11-9-24)29(36)22-41-27-12-14-28(15-13-27)42(38,39)34-16-18-40-19-17-34/h3-15,23,30H,16-22H2,1-2H3,(H,33,37)/t30-/m1/s1. The molecule has 1 atom stereocenters. The molecule has 1 aliphatic heterocycles. The van der Waals surface area contributed by atoms with Crippen molar-refractivity contribution in [1.29, 1.82) is 0 Å². The monoisotopic (exact) mass is 597 g/mol. The zero-order chi connectivity index (χ0) is 30.1. The van der Waals surface area contributed by atoms with Crippen LogP contribution < -0.4 is 10.1 Å². The number of hydrogen-bond donors (Lipinski definition) is 1. The van der Waals surface area contributed by atoms with E-state index in [0.29, 0.717) is 36.6 Å². The van der Waals surface area contributed by atoms with Gasteiger partial charge in [-0.05, 0) is 53.4 Å². The number of halogens is 1. The smallest absolute Gasteiger partial charge is 0.261 e. The molecule has 1 N–H and O–H groups in total. The first-order valence-electron chi connectivity index (χ1n) is 13.8. The number of nitrogens with zero attached hydrogens (tertiary/aromatic N) is 2. The maximum atomic E-state index is 13.7. The SMILES string of the molecule is CC(C)CNC(=O)[C@@H](c1ccccc1)N(Cc1ccc(F)cc1)C(=O)COc1ccc(S(=O)(=O)N2CCOCC2)cc1. The van der Waals surface area contributed by atoms with Gasteiger partial charge in [0.05, 0.1) is 18.1 Å². The molecule has 0 aromatic heterocycles. The van der Waals surface area contributed by atoms with Crippen molar-refractivity contribution in [3.63, 3.8) is 0 Å². The molecule has 0 saturated carbocycles. The summed E-state index contributed by atoms with van der Waals surface area (Å²) < 4.78 is 51.9. The third kappa shape index (κ3) is 8.15. The summed E-state index contributed by atoms with van der Waals surface area (Å²) in [6.45, 7) is 5.27. The zero-order valence-corrected chi connectivity index (χ0v) is 24.6. The second kappa shape index (κ2) is 14.4. The fourth-order valence-corrected chi connectivity index (χ4v) is 5.90. The van der Waals surface area contributed by atoms with Gasteiger partial charge < -0.3 is 19.7 Å². The number of morpholine rings is 1. The Morgan fingerprint density at radius 2 is 1.62 bits per heavy atom. The molecule has 1 aliphatic rings. The highest BCUT2D eigenvalue weighted by Crippen LogP contribution is 2.25. The quantitative estimate of drug-likeness (QED) is 0.341.